The predicted octanol–water partition coefficient (Wildman–Crippen LogP) is 2.82. The van der Waals surface area contributed by atoms with Crippen LogP contribution in [0.1, 0.15) is 5.56 Å². The highest BCUT2D eigenvalue weighted by atomic mass is 127. The molecule has 0 aliphatic heterocycles. The molecule has 0 atom stereocenters. The Hall–Kier alpha value is -1.08. The number of aromatic nitrogens is 1. The molecule has 1 heterocycles. The summed E-state index contributed by atoms with van der Waals surface area (Å²) in [4.78, 5) is 4.39. The fourth-order valence-electron chi connectivity index (χ4n) is 1.24. The van der Waals surface area contributed by atoms with Crippen molar-refractivity contribution in [1.82, 2.24) is 4.98 Å². The van der Waals surface area contributed by atoms with E-state index in [2.05, 4.69) is 33.5 Å². The van der Waals surface area contributed by atoms with Crippen LogP contribution >= 0.6 is 22.6 Å². The van der Waals surface area contributed by atoms with Crippen LogP contribution in [0.5, 0.6) is 0 Å². The molecule has 0 saturated carbocycles. The van der Waals surface area contributed by atoms with Crippen LogP contribution in [0.15, 0.2) is 30.3 Å². The monoisotopic (exact) mass is 279 g/mol. The molecule has 0 bridgehead atoms. The first kappa shape index (κ1) is 8.52. The Morgan fingerprint density at radius 1 is 1.23 bits per heavy atom. The molecule has 13 heavy (non-hydrogen) atoms. The molecule has 0 fully saturated rings. The molecule has 2 aromatic rings. The van der Waals surface area contributed by atoms with Crippen LogP contribution in [0, 0.1) is 16.0 Å². The fraction of sp³-hybridized carbons (Fsp3) is 0. The third-order valence-electron chi connectivity index (χ3n) is 1.84. The minimum absolute atomic E-state index is 0.857. The topological polar surface area (TPSA) is 12.9 Å². The molecule has 2 heteroatoms. The number of terminal acetylenes is 1. The number of benzene rings is 1. The molecule has 0 saturated heterocycles. The largest absolute Gasteiger partial charge is 0.241 e. The number of nitrogens with zero attached hydrogens (tertiary/aromatic N) is 1. The van der Waals surface area contributed by atoms with Crippen LogP contribution in [-0.4, -0.2) is 4.98 Å². The van der Waals surface area contributed by atoms with Crippen molar-refractivity contribution in [3.63, 3.8) is 0 Å². The van der Waals surface area contributed by atoms with E-state index in [1.807, 2.05) is 30.3 Å². The van der Waals surface area contributed by atoms with Crippen molar-refractivity contribution in [2.45, 2.75) is 0 Å². The summed E-state index contributed by atoms with van der Waals surface area (Å²) in [7, 11) is 0. The maximum atomic E-state index is 5.37. The molecule has 0 amide bonds. The highest BCUT2D eigenvalue weighted by molar-refractivity contribution is 14.1. The van der Waals surface area contributed by atoms with Crippen LogP contribution in [0.2, 0.25) is 0 Å². The van der Waals surface area contributed by atoms with E-state index in [4.69, 9.17) is 6.42 Å². The Morgan fingerprint density at radius 2 is 2.08 bits per heavy atom. The van der Waals surface area contributed by atoms with Gasteiger partial charge in [-0.3, -0.25) is 0 Å². The van der Waals surface area contributed by atoms with Gasteiger partial charge in [0.25, 0.3) is 0 Å². The lowest BCUT2D eigenvalue weighted by Crippen LogP contribution is -1.86. The van der Waals surface area contributed by atoms with Crippen LogP contribution in [0.4, 0.5) is 0 Å². The van der Waals surface area contributed by atoms with Crippen LogP contribution in [0.3, 0.4) is 0 Å². The predicted molar refractivity (Wildman–Crippen MR) is 62.4 cm³/mol. The maximum Gasteiger partial charge on any atom is 0.102 e. The summed E-state index contributed by atoms with van der Waals surface area (Å²) < 4.78 is 0.966. The first-order valence-electron chi connectivity index (χ1n) is 3.83. The fourth-order valence-corrected chi connectivity index (χ4v) is 1.66. The summed E-state index contributed by atoms with van der Waals surface area (Å²) in [5, 5.41) is 1.09. The minimum atomic E-state index is 0.857. The van der Waals surface area contributed by atoms with Crippen molar-refractivity contribution in [2.24, 2.45) is 0 Å². The van der Waals surface area contributed by atoms with Gasteiger partial charge in [0.15, 0.2) is 0 Å². The van der Waals surface area contributed by atoms with Gasteiger partial charge in [-0.2, -0.15) is 0 Å². The SMILES string of the molecule is C#Cc1cccc2ccc(I)nc12. The Labute approximate surface area is 90.3 Å². The first-order valence-corrected chi connectivity index (χ1v) is 4.91. The van der Waals surface area contributed by atoms with Crippen molar-refractivity contribution in [2.75, 3.05) is 0 Å². The summed E-state index contributed by atoms with van der Waals surface area (Å²) in [5.74, 6) is 2.63. The van der Waals surface area contributed by atoms with Crippen LogP contribution < -0.4 is 0 Å². The first-order chi connectivity index (χ1) is 6.31. The lowest BCUT2D eigenvalue weighted by Gasteiger charge is -1.99. The summed E-state index contributed by atoms with van der Waals surface area (Å²) in [6.45, 7) is 0. The summed E-state index contributed by atoms with van der Waals surface area (Å²) >= 11 is 2.18. The van der Waals surface area contributed by atoms with Gasteiger partial charge in [0.1, 0.15) is 3.70 Å². The zero-order valence-corrected chi connectivity index (χ0v) is 8.95. The Kier molecular flexibility index (Phi) is 2.19. The molecule has 0 unspecified atom stereocenters. The second-order valence-electron chi connectivity index (χ2n) is 2.66. The second-order valence-corrected chi connectivity index (χ2v) is 3.76. The van der Waals surface area contributed by atoms with Crippen molar-refractivity contribution < 1.29 is 0 Å². The lowest BCUT2D eigenvalue weighted by atomic mass is 10.1. The molecular formula is C11H6IN. The molecule has 0 N–H and O–H groups in total. The number of hydrogen-bond acceptors (Lipinski definition) is 1. The standard InChI is InChI=1S/C11H6IN/c1-2-8-4-3-5-9-6-7-10(12)13-11(8)9/h1,3-7H. The quantitative estimate of drug-likeness (QED) is 0.410. The normalized spacial score (nSPS) is 9.85. The number of para-hydroxylation sites is 1. The molecule has 0 aliphatic carbocycles. The van der Waals surface area contributed by atoms with Gasteiger partial charge in [-0.05, 0) is 34.7 Å². The van der Waals surface area contributed by atoms with E-state index in [1.165, 1.54) is 0 Å². The van der Waals surface area contributed by atoms with E-state index >= 15 is 0 Å². The zero-order valence-electron chi connectivity index (χ0n) is 6.79. The average Bonchev–Trinajstić information content (AvgIpc) is 2.17. The molecule has 1 aromatic heterocycles. The van der Waals surface area contributed by atoms with Crippen molar-refractivity contribution in [1.29, 1.82) is 0 Å². The Balaban J connectivity index is 2.89. The van der Waals surface area contributed by atoms with Gasteiger partial charge < -0.3 is 0 Å². The molecule has 2 rings (SSSR count). The number of pyridine rings is 1. The Morgan fingerprint density at radius 3 is 2.85 bits per heavy atom. The van der Waals surface area contributed by atoms with E-state index in [1.54, 1.807) is 0 Å². The molecule has 0 radical (unpaired) electrons. The van der Waals surface area contributed by atoms with E-state index in [0.717, 1.165) is 20.2 Å². The van der Waals surface area contributed by atoms with E-state index in [0.29, 0.717) is 0 Å². The summed E-state index contributed by atoms with van der Waals surface area (Å²) in [6, 6.07) is 9.88. The molecule has 62 valence electrons. The molecule has 1 aromatic carbocycles. The van der Waals surface area contributed by atoms with Gasteiger partial charge in [-0.1, -0.05) is 24.1 Å². The van der Waals surface area contributed by atoms with E-state index in [-0.39, 0.29) is 0 Å². The van der Waals surface area contributed by atoms with Gasteiger partial charge in [0.05, 0.1) is 11.1 Å². The number of hydrogen-bond donors (Lipinski definition) is 0. The van der Waals surface area contributed by atoms with Gasteiger partial charge in [0, 0.05) is 5.39 Å². The number of rotatable bonds is 0. The molecule has 0 spiro atoms. The van der Waals surface area contributed by atoms with Gasteiger partial charge in [-0.15, -0.1) is 6.42 Å². The molecule has 1 nitrogen and oxygen atoms in total. The van der Waals surface area contributed by atoms with Gasteiger partial charge in [-0.25, -0.2) is 4.98 Å². The molecule has 0 aliphatic rings. The highest BCUT2D eigenvalue weighted by Crippen LogP contribution is 2.16. The number of fused-ring (bicyclic) bond motifs is 1. The average molecular weight is 279 g/mol. The second kappa shape index (κ2) is 3.35. The summed E-state index contributed by atoms with van der Waals surface area (Å²) in [6.07, 6.45) is 5.37. The van der Waals surface area contributed by atoms with Gasteiger partial charge >= 0.3 is 0 Å². The van der Waals surface area contributed by atoms with Crippen molar-refractivity contribution in [3.8, 4) is 12.3 Å². The van der Waals surface area contributed by atoms with Crippen LogP contribution in [0.25, 0.3) is 10.9 Å². The Bertz CT molecular complexity index is 497. The van der Waals surface area contributed by atoms with Crippen molar-refractivity contribution >= 4 is 33.5 Å². The van der Waals surface area contributed by atoms with Gasteiger partial charge in [0.2, 0.25) is 0 Å². The highest BCUT2D eigenvalue weighted by Gasteiger charge is 1.99. The van der Waals surface area contributed by atoms with Crippen molar-refractivity contribution in [3.05, 3.63) is 39.6 Å². The number of halogens is 1. The van der Waals surface area contributed by atoms with Crippen LogP contribution in [-0.2, 0) is 0 Å². The van der Waals surface area contributed by atoms with E-state index < -0.39 is 0 Å². The maximum absolute atomic E-state index is 5.37. The molecular weight excluding hydrogens is 273 g/mol. The smallest absolute Gasteiger partial charge is 0.102 e. The zero-order chi connectivity index (χ0) is 9.26. The van der Waals surface area contributed by atoms with E-state index in [9.17, 15) is 0 Å². The summed E-state index contributed by atoms with van der Waals surface area (Å²) in [5.41, 5.74) is 1.77. The minimum Gasteiger partial charge on any atom is -0.241 e. The third-order valence-corrected chi connectivity index (χ3v) is 2.44. The lowest BCUT2D eigenvalue weighted by molar-refractivity contribution is 1.34. The third kappa shape index (κ3) is 1.52.